The van der Waals surface area contributed by atoms with E-state index in [0.717, 1.165) is 17.8 Å². The van der Waals surface area contributed by atoms with E-state index >= 15 is 0 Å². The summed E-state index contributed by atoms with van der Waals surface area (Å²) in [7, 11) is -4.55. The van der Waals surface area contributed by atoms with Gasteiger partial charge in [-0.25, -0.2) is 8.42 Å². The zero-order valence-corrected chi connectivity index (χ0v) is 11.1. The molecule has 2 aromatic rings. The Morgan fingerprint density at radius 1 is 0.900 bits per heavy atom. The highest BCUT2D eigenvalue weighted by molar-refractivity contribution is 7.91. The molecule has 2 aromatic carbocycles. The Balaban J connectivity index is 2.19. The van der Waals surface area contributed by atoms with Gasteiger partial charge in [-0.2, -0.15) is 8.78 Å². The lowest BCUT2D eigenvalue weighted by Crippen LogP contribution is -2.11. The molecule has 0 spiro atoms. The molecular formula is C13H12F2N2O2S. The number of hydrogen-bond donors (Lipinski definition) is 2. The molecule has 106 valence electrons. The van der Waals surface area contributed by atoms with Gasteiger partial charge in [-0.05, 0) is 48.5 Å². The lowest BCUT2D eigenvalue weighted by atomic mass is 10.2. The molecule has 4 nitrogen and oxygen atoms in total. The molecule has 0 aliphatic heterocycles. The third-order valence-electron chi connectivity index (χ3n) is 2.62. The van der Waals surface area contributed by atoms with Crippen LogP contribution in [-0.4, -0.2) is 14.2 Å². The molecule has 0 bridgehead atoms. The predicted molar refractivity (Wildman–Crippen MR) is 73.8 cm³/mol. The number of anilines is 3. The van der Waals surface area contributed by atoms with Crippen molar-refractivity contribution in [2.24, 2.45) is 0 Å². The summed E-state index contributed by atoms with van der Waals surface area (Å²) in [5, 5.41) is 3.00. The molecule has 0 atom stereocenters. The average molecular weight is 298 g/mol. The molecule has 0 aliphatic carbocycles. The van der Waals surface area contributed by atoms with Gasteiger partial charge in [0.05, 0.1) is 4.90 Å². The van der Waals surface area contributed by atoms with E-state index < -0.39 is 20.5 Å². The van der Waals surface area contributed by atoms with Gasteiger partial charge in [0.15, 0.2) is 0 Å². The Labute approximate surface area is 115 Å². The van der Waals surface area contributed by atoms with Crippen LogP contribution >= 0.6 is 0 Å². The van der Waals surface area contributed by atoms with Gasteiger partial charge >= 0.3 is 5.76 Å². The van der Waals surface area contributed by atoms with Gasteiger partial charge < -0.3 is 11.1 Å². The molecule has 2 rings (SSSR count). The predicted octanol–water partition coefficient (Wildman–Crippen LogP) is 3.01. The maximum Gasteiger partial charge on any atom is 0.341 e. The number of nitrogens with two attached hydrogens (primary N) is 1. The van der Waals surface area contributed by atoms with Crippen LogP contribution in [0.15, 0.2) is 53.4 Å². The van der Waals surface area contributed by atoms with Crippen LogP contribution in [0, 0.1) is 0 Å². The molecular weight excluding hydrogens is 286 g/mol. The Hall–Kier alpha value is -2.15. The summed E-state index contributed by atoms with van der Waals surface area (Å²) in [4.78, 5) is -0.407. The van der Waals surface area contributed by atoms with E-state index in [4.69, 9.17) is 5.73 Å². The zero-order valence-electron chi connectivity index (χ0n) is 10.3. The van der Waals surface area contributed by atoms with Gasteiger partial charge in [-0.1, -0.05) is 0 Å². The molecule has 0 radical (unpaired) electrons. The molecule has 0 aromatic heterocycles. The van der Waals surface area contributed by atoms with Crippen LogP contribution in [0.4, 0.5) is 25.8 Å². The molecule has 0 saturated heterocycles. The monoisotopic (exact) mass is 298 g/mol. The Bertz CT molecular complexity index is 683. The molecule has 0 heterocycles. The first kappa shape index (κ1) is 14.3. The number of halogens is 2. The fourth-order valence-electron chi connectivity index (χ4n) is 1.56. The van der Waals surface area contributed by atoms with Gasteiger partial charge in [-0.15, -0.1) is 0 Å². The summed E-state index contributed by atoms with van der Waals surface area (Å²) < 4.78 is 47.2. The fourth-order valence-corrected chi connectivity index (χ4v) is 2.29. The van der Waals surface area contributed by atoms with E-state index in [2.05, 4.69) is 5.32 Å². The summed E-state index contributed by atoms with van der Waals surface area (Å²) in [6.07, 6.45) is 0. The summed E-state index contributed by atoms with van der Waals surface area (Å²) in [5.41, 5.74) is 7.51. The normalized spacial score (nSPS) is 11.6. The molecule has 0 unspecified atom stereocenters. The standard InChI is InChI=1S/C13H12F2N2O2S/c14-13(15)20(18,19)12-7-5-11(6-8-12)17-10-3-1-9(16)2-4-10/h1-8,13,17H,16H2. The number of sulfone groups is 1. The summed E-state index contributed by atoms with van der Waals surface area (Å²) >= 11 is 0. The second-order valence-corrected chi connectivity index (χ2v) is 5.99. The highest BCUT2D eigenvalue weighted by atomic mass is 32.2. The number of nitrogens with one attached hydrogen (secondary N) is 1. The minimum Gasteiger partial charge on any atom is -0.399 e. The van der Waals surface area contributed by atoms with E-state index in [9.17, 15) is 17.2 Å². The second-order valence-electron chi connectivity index (χ2n) is 4.08. The van der Waals surface area contributed by atoms with Crippen molar-refractivity contribution >= 4 is 26.9 Å². The maximum absolute atomic E-state index is 12.4. The van der Waals surface area contributed by atoms with Crippen LogP contribution in [0.5, 0.6) is 0 Å². The molecule has 0 saturated carbocycles. The van der Waals surface area contributed by atoms with Crippen LogP contribution in [0.1, 0.15) is 0 Å². The third kappa shape index (κ3) is 3.05. The van der Waals surface area contributed by atoms with Gasteiger partial charge in [0.2, 0.25) is 9.84 Å². The Kier molecular flexibility index (Phi) is 3.89. The van der Waals surface area contributed by atoms with E-state index in [1.54, 1.807) is 24.3 Å². The number of rotatable bonds is 4. The second kappa shape index (κ2) is 5.46. The van der Waals surface area contributed by atoms with Crippen molar-refractivity contribution in [1.82, 2.24) is 0 Å². The van der Waals surface area contributed by atoms with Crippen LogP contribution in [-0.2, 0) is 9.84 Å². The highest BCUT2D eigenvalue weighted by Gasteiger charge is 2.26. The van der Waals surface area contributed by atoms with Gasteiger partial charge in [-0.3, -0.25) is 0 Å². The van der Waals surface area contributed by atoms with Crippen molar-refractivity contribution in [3.63, 3.8) is 0 Å². The molecule has 20 heavy (non-hydrogen) atoms. The lowest BCUT2D eigenvalue weighted by molar-refractivity contribution is 0.234. The third-order valence-corrected chi connectivity index (χ3v) is 4.02. The molecule has 3 N–H and O–H groups in total. The molecule has 0 amide bonds. The van der Waals surface area contributed by atoms with Crippen LogP contribution in [0.25, 0.3) is 0 Å². The van der Waals surface area contributed by atoms with Crippen LogP contribution in [0.3, 0.4) is 0 Å². The van der Waals surface area contributed by atoms with Crippen molar-refractivity contribution < 1.29 is 17.2 Å². The largest absolute Gasteiger partial charge is 0.399 e. The lowest BCUT2D eigenvalue weighted by Gasteiger charge is -2.08. The smallest absolute Gasteiger partial charge is 0.341 e. The van der Waals surface area contributed by atoms with Crippen molar-refractivity contribution in [3.8, 4) is 0 Å². The minimum absolute atomic E-state index is 0.407. The first-order chi connectivity index (χ1) is 9.39. The molecule has 0 fully saturated rings. The van der Waals surface area contributed by atoms with Crippen LogP contribution in [0.2, 0.25) is 0 Å². The Morgan fingerprint density at radius 2 is 1.35 bits per heavy atom. The van der Waals surface area contributed by atoms with Gasteiger partial charge in [0, 0.05) is 17.1 Å². The summed E-state index contributed by atoms with van der Waals surface area (Å²) in [6.45, 7) is 0. The molecule has 7 heteroatoms. The number of hydrogen-bond acceptors (Lipinski definition) is 4. The van der Waals surface area contributed by atoms with Crippen molar-refractivity contribution in [1.29, 1.82) is 0 Å². The minimum atomic E-state index is -4.55. The first-order valence-electron chi connectivity index (χ1n) is 5.64. The van der Waals surface area contributed by atoms with Gasteiger partial charge in [0.25, 0.3) is 0 Å². The fraction of sp³-hybridized carbons (Fsp3) is 0.0769. The maximum atomic E-state index is 12.4. The van der Waals surface area contributed by atoms with E-state index in [-0.39, 0.29) is 0 Å². The highest BCUT2D eigenvalue weighted by Crippen LogP contribution is 2.22. The molecule has 0 aliphatic rings. The van der Waals surface area contributed by atoms with Crippen LogP contribution < -0.4 is 11.1 Å². The van der Waals surface area contributed by atoms with E-state index in [1.807, 2.05) is 0 Å². The zero-order chi connectivity index (χ0) is 14.8. The SMILES string of the molecule is Nc1ccc(Nc2ccc(S(=O)(=O)C(F)F)cc2)cc1. The summed E-state index contributed by atoms with van der Waals surface area (Å²) in [6, 6.07) is 12.0. The Morgan fingerprint density at radius 3 is 1.80 bits per heavy atom. The summed E-state index contributed by atoms with van der Waals surface area (Å²) in [5.74, 6) is -3.42. The quantitative estimate of drug-likeness (QED) is 0.851. The average Bonchev–Trinajstić information content (AvgIpc) is 2.42. The van der Waals surface area contributed by atoms with Crippen molar-refractivity contribution in [3.05, 3.63) is 48.5 Å². The number of alkyl halides is 2. The topological polar surface area (TPSA) is 72.2 Å². The van der Waals surface area contributed by atoms with E-state index in [1.165, 1.54) is 12.1 Å². The number of benzene rings is 2. The van der Waals surface area contributed by atoms with Crippen molar-refractivity contribution in [2.75, 3.05) is 11.1 Å². The first-order valence-corrected chi connectivity index (χ1v) is 7.19. The van der Waals surface area contributed by atoms with E-state index in [0.29, 0.717) is 11.4 Å². The van der Waals surface area contributed by atoms with Gasteiger partial charge in [0.1, 0.15) is 0 Å². The van der Waals surface area contributed by atoms with Crippen molar-refractivity contribution in [2.45, 2.75) is 10.7 Å². The number of nitrogen functional groups attached to an aromatic ring is 1.